The molecule has 0 saturated carbocycles. The molecule has 0 saturated heterocycles. The van der Waals surface area contributed by atoms with Crippen molar-refractivity contribution in [3.8, 4) is 0 Å². The maximum atomic E-state index is 10.1. The summed E-state index contributed by atoms with van der Waals surface area (Å²) in [6.07, 6.45) is -3.37. The van der Waals surface area contributed by atoms with Crippen LogP contribution in [-0.2, 0) is 94.7 Å². The van der Waals surface area contributed by atoms with E-state index in [1.165, 1.54) is 0 Å². The molecule has 0 bridgehead atoms. The van der Waals surface area contributed by atoms with E-state index in [0.717, 1.165) is 0 Å². The van der Waals surface area contributed by atoms with Gasteiger partial charge in [-0.25, -0.2) is 4.89 Å². The number of hydrogen-bond acceptors (Lipinski definition) is 9. The van der Waals surface area contributed by atoms with E-state index in [0.29, 0.717) is 6.47 Å². The Bertz CT molecular complexity index is 202. The van der Waals surface area contributed by atoms with Gasteiger partial charge in [0.15, 0.2) is 0 Å². The van der Waals surface area contributed by atoms with Crippen molar-refractivity contribution in [1.29, 1.82) is 0 Å². The van der Waals surface area contributed by atoms with Gasteiger partial charge in [-0.1, -0.05) is 101 Å². The van der Waals surface area contributed by atoms with Crippen LogP contribution in [0.2, 0.25) is 0 Å². The van der Waals surface area contributed by atoms with E-state index in [2.05, 4.69) is 24.4 Å². The molecule has 0 aromatic carbocycles. The number of carbonyl (C=O) groups is 2. The van der Waals surface area contributed by atoms with E-state index in [1.54, 1.807) is 0 Å². The molecular weight excluding hydrogens is 574 g/mol. The van der Waals surface area contributed by atoms with Gasteiger partial charge in [0.05, 0.1) is 0 Å². The first-order valence-electron chi connectivity index (χ1n) is 5.15. The SMILES string of the molecule is C.C.C.C.C.C.C.C.CC.CC.CC.O.O.O.O=[C-]OOC(=O)OOC(=O)OO.[Y].[Y]. The van der Waals surface area contributed by atoms with Gasteiger partial charge in [-0.3, -0.25) is 4.89 Å². The molecule has 0 aliphatic heterocycles. The number of hydrogen-bond donors (Lipinski definition) is 1. The van der Waals surface area contributed by atoms with Crippen LogP contribution in [0.25, 0.3) is 0 Å². The first-order chi connectivity index (χ1) is 8.70. The van der Waals surface area contributed by atoms with Crippen LogP contribution in [0.5, 0.6) is 0 Å². The Balaban J connectivity index is -0.00000000637. The van der Waals surface area contributed by atoms with Gasteiger partial charge in [0.25, 0.3) is 0 Å². The number of carbonyl (C=O) groups excluding carboxylic acids is 3. The Labute approximate surface area is 243 Å². The quantitative estimate of drug-likeness (QED) is 0.235. The van der Waals surface area contributed by atoms with E-state index >= 15 is 0 Å². The van der Waals surface area contributed by atoms with Gasteiger partial charge >= 0.3 is 12.3 Å². The van der Waals surface area contributed by atoms with Gasteiger partial charge in [0.1, 0.15) is 0 Å². The maximum Gasteiger partial charge on any atom is 0.589 e. The number of rotatable bonds is 2. The van der Waals surface area contributed by atoms with Crippen LogP contribution in [0.4, 0.5) is 9.59 Å². The van der Waals surface area contributed by atoms with Crippen molar-refractivity contribution in [2.75, 3.05) is 0 Å². The average Bonchev–Trinajstić information content (AvgIpc) is 2.48. The summed E-state index contributed by atoms with van der Waals surface area (Å²) in [5, 5.41) is 7.52. The predicted octanol–water partition coefficient (Wildman–Crippen LogP) is 5.37. The Kier molecular flexibility index (Phi) is 800. The van der Waals surface area contributed by atoms with Crippen molar-refractivity contribution < 1.29 is 126 Å². The minimum Gasteiger partial charge on any atom is -0.494 e. The molecule has 204 valence electrons. The predicted molar refractivity (Wildman–Crippen MR) is 123 cm³/mol. The van der Waals surface area contributed by atoms with E-state index in [1.807, 2.05) is 41.5 Å². The zero-order valence-electron chi connectivity index (χ0n) is 13.9. The fraction of sp³-hybridized carbons (Fsp3) is 0.824. The molecule has 12 nitrogen and oxygen atoms in total. The summed E-state index contributed by atoms with van der Waals surface area (Å²) in [6, 6.07) is 0. The largest absolute Gasteiger partial charge is 0.589 e. The molecule has 2 radical (unpaired) electrons. The first kappa shape index (κ1) is 142. The Morgan fingerprint density at radius 2 is 0.806 bits per heavy atom. The summed E-state index contributed by atoms with van der Waals surface area (Å²) in [5.74, 6) is 0. The minimum atomic E-state index is -1.71. The second kappa shape index (κ2) is 175. The third kappa shape index (κ3) is 194. The van der Waals surface area contributed by atoms with Gasteiger partial charge in [-0.05, 0) is 6.47 Å². The first-order valence-corrected chi connectivity index (χ1v) is 5.15. The molecule has 0 aromatic rings. The third-order valence-corrected chi connectivity index (χ3v) is 0.396. The summed E-state index contributed by atoms with van der Waals surface area (Å²) in [7, 11) is 0. The molecule has 31 heavy (non-hydrogen) atoms. The zero-order valence-corrected chi connectivity index (χ0v) is 19.5. The van der Waals surface area contributed by atoms with Crippen LogP contribution in [0.15, 0.2) is 0 Å². The van der Waals surface area contributed by atoms with Gasteiger partial charge in [0, 0.05) is 65.4 Å². The zero-order chi connectivity index (χ0) is 15.4. The molecule has 0 fully saturated rings. The molecule has 0 unspecified atom stereocenters. The van der Waals surface area contributed by atoms with Gasteiger partial charge in [-0.2, -0.15) is 24.6 Å². The maximum absolute atomic E-state index is 10.1. The smallest absolute Gasteiger partial charge is 0.494 e. The van der Waals surface area contributed by atoms with Crippen LogP contribution in [0, 0.1) is 0 Å². The minimum absolute atomic E-state index is 0. The van der Waals surface area contributed by atoms with Crippen molar-refractivity contribution in [2.45, 2.75) is 101 Å². The monoisotopic (exact) mass is 631 g/mol. The van der Waals surface area contributed by atoms with E-state index in [-0.39, 0.29) is 141 Å². The molecule has 0 atom stereocenters. The van der Waals surface area contributed by atoms with Crippen LogP contribution in [0.1, 0.15) is 101 Å². The van der Waals surface area contributed by atoms with Crippen LogP contribution in [-0.4, -0.2) is 40.5 Å². The molecule has 14 heteroatoms. The molecule has 0 amide bonds. The Hall–Kier alpha value is 0.0578. The summed E-state index contributed by atoms with van der Waals surface area (Å²) in [5.41, 5.74) is 0. The van der Waals surface area contributed by atoms with Crippen molar-refractivity contribution in [3.05, 3.63) is 0 Å². The summed E-state index contributed by atoms with van der Waals surface area (Å²) >= 11 is 0. The van der Waals surface area contributed by atoms with Gasteiger partial charge in [0.2, 0.25) is 0 Å². The molecule has 0 aliphatic rings. The van der Waals surface area contributed by atoms with Crippen LogP contribution in [0.3, 0.4) is 0 Å². The molecule has 0 aromatic heterocycles. The van der Waals surface area contributed by atoms with Gasteiger partial charge < -0.3 is 26.1 Å². The summed E-state index contributed by atoms with van der Waals surface area (Å²) in [4.78, 5) is 45.5. The normalized spacial score (nSPS) is 3.58. The Morgan fingerprint density at radius 1 is 0.581 bits per heavy atom. The molecule has 0 spiro atoms. The van der Waals surface area contributed by atoms with Crippen molar-refractivity contribution >= 4 is 18.8 Å². The van der Waals surface area contributed by atoms with E-state index < -0.39 is 12.3 Å². The van der Waals surface area contributed by atoms with Crippen molar-refractivity contribution in [1.82, 2.24) is 0 Å². The fourth-order valence-corrected chi connectivity index (χ4v) is 0.148. The second-order valence-electron chi connectivity index (χ2n) is 1.01. The van der Waals surface area contributed by atoms with Crippen molar-refractivity contribution in [3.63, 3.8) is 0 Å². The van der Waals surface area contributed by atoms with E-state index in [4.69, 9.17) is 5.26 Å². The summed E-state index contributed by atoms with van der Waals surface area (Å²) < 4.78 is 0. The third-order valence-electron chi connectivity index (χ3n) is 0.396. The van der Waals surface area contributed by atoms with Crippen molar-refractivity contribution in [2.24, 2.45) is 0 Å². The van der Waals surface area contributed by atoms with Crippen LogP contribution >= 0.6 is 0 Å². The molecular formula is C17H57O12Y2-. The molecule has 0 rings (SSSR count). The second-order valence-corrected chi connectivity index (χ2v) is 1.01. The summed E-state index contributed by atoms with van der Waals surface area (Å²) in [6.45, 7) is 12.7. The van der Waals surface area contributed by atoms with Gasteiger partial charge in [-0.15, -0.1) is 0 Å². The Morgan fingerprint density at radius 3 is 1.00 bits per heavy atom. The average molecular weight is 631 g/mol. The van der Waals surface area contributed by atoms with E-state index in [9.17, 15) is 14.4 Å². The standard InChI is InChI=1S/C3HO9.3C2H6.8CH4.3H2O.2Y/c4-1-8-10-3(6)12-11-2(5)9-7;3*1-2;;;;;;;;;;;;;/h7H;3*1-2H3;8*1H4;3*1H2;;/q-1;;;;;;;;;;;;;;;;. The fourth-order valence-electron chi connectivity index (χ4n) is 0.148. The molecule has 0 heterocycles. The topological polar surface area (TPSA) is 212 Å². The molecule has 7 N–H and O–H groups in total. The van der Waals surface area contributed by atoms with Crippen LogP contribution < -0.4 is 0 Å². The molecule has 0 aliphatic carbocycles.